The third-order valence-electron chi connectivity index (χ3n) is 6.29. The maximum absolute atomic E-state index is 14.1. The van der Waals surface area contributed by atoms with Crippen LogP contribution in [0.25, 0.3) is 22.3 Å². The number of fused-ring (bicyclic) bond motifs is 1. The van der Waals surface area contributed by atoms with E-state index in [-0.39, 0.29) is 11.9 Å². The van der Waals surface area contributed by atoms with Gasteiger partial charge in [0.2, 0.25) is 0 Å². The summed E-state index contributed by atoms with van der Waals surface area (Å²) in [6.45, 7) is 1.44. The molecule has 0 spiro atoms. The molecule has 6 rings (SSSR count). The Hall–Kier alpha value is -3.79. The Morgan fingerprint density at radius 3 is 2.57 bits per heavy atom. The average molecular weight is 476 g/mol. The molecule has 4 aromatic heterocycles. The molecule has 0 unspecified atom stereocenters. The first-order valence-corrected chi connectivity index (χ1v) is 11.7. The monoisotopic (exact) mass is 475 g/mol. The number of halogens is 2. The zero-order valence-corrected chi connectivity index (χ0v) is 18.8. The summed E-state index contributed by atoms with van der Waals surface area (Å²) in [4.78, 5) is 22.2. The second-order valence-corrected chi connectivity index (χ2v) is 8.86. The number of rotatable bonds is 6. The van der Waals surface area contributed by atoms with Crippen molar-refractivity contribution >= 4 is 28.4 Å². The van der Waals surface area contributed by atoms with Gasteiger partial charge in [0.1, 0.15) is 17.5 Å². The number of nitrogens with zero attached hydrogens (tertiary/aromatic N) is 5. The van der Waals surface area contributed by atoms with E-state index in [9.17, 15) is 8.78 Å². The van der Waals surface area contributed by atoms with Crippen LogP contribution in [0.5, 0.6) is 0 Å². The fourth-order valence-corrected chi connectivity index (χ4v) is 4.35. The highest BCUT2D eigenvalue weighted by atomic mass is 19.1. The van der Waals surface area contributed by atoms with Crippen LogP contribution < -0.4 is 10.6 Å². The molecule has 8 nitrogen and oxygen atoms in total. The third-order valence-corrected chi connectivity index (χ3v) is 6.29. The van der Waals surface area contributed by atoms with Crippen molar-refractivity contribution in [1.29, 1.82) is 0 Å². The number of pyridine rings is 3. The van der Waals surface area contributed by atoms with Crippen LogP contribution in [0.15, 0.2) is 43.0 Å². The van der Waals surface area contributed by atoms with Gasteiger partial charge in [0.15, 0.2) is 17.5 Å². The Labute approximate surface area is 200 Å². The van der Waals surface area contributed by atoms with Crippen LogP contribution in [0.2, 0.25) is 0 Å². The van der Waals surface area contributed by atoms with Crippen LogP contribution in [0.1, 0.15) is 37.2 Å². The van der Waals surface area contributed by atoms with E-state index in [1.165, 1.54) is 5.56 Å². The first kappa shape index (κ1) is 21.7. The molecule has 1 saturated heterocycles. The van der Waals surface area contributed by atoms with Gasteiger partial charge in [-0.1, -0.05) is 0 Å². The first-order valence-electron chi connectivity index (χ1n) is 11.7. The highest BCUT2D eigenvalue weighted by Gasteiger charge is 2.28. The molecule has 0 aromatic carbocycles. The van der Waals surface area contributed by atoms with Gasteiger partial charge in [0, 0.05) is 48.7 Å². The lowest BCUT2D eigenvalue weighted by molar-refractivity contribution is 0.0904. The summed E-state index contributed by atoms with van der Waals surface area (Å²) in [6, 6.07) is 4.53. The molecule has 178 valence electrons. The average Bonchev–Trinajstić information content (AvgIpc) is 3.72. The number of hydrogen-bond donors (Lipinski definition) is 2. The fraction of sp³-hybridized carbons (Fsp3) is 0.320. The van der Waals surface area contributed by atoms with E-state index in [2.05, 4.69) is 25.6 Å². The molecule has 1 aliphatic carbocycles. The summed E-state index contributed by atoms with van der Waals surface area (Å²) in [5, 5.41) is 7.45. The van der Waals surface area contributed by atoms with E-state index in [1.807, 2.05) is 6.20 Å². The number of aromatic nitrogens is 5. The summed E-state index contributed by atoms with van der Waals surface area (Å²) in [7, 11) is 0. The molecule has 0 amide bonds. The zero-order chi connectivity index (χ0) is 23.8. The fourth-order valence-electron chi connectivity index (χ4n) is 4.35. The van der Waals surface area contributed by atoms with Crippen molar-refractivity contribution in [3.63, 3.8) is 0 Å². The smallest absolute Gasteiger partial charge is 0.168 e. The molecule has 2 N–H and O–H groups in total. The van der Waals surface area contributed by atoms with Crippen molar-refractivity contribution in [2.75, 3.05) is 23.8 Å². The molecule has 2 fully saturated rings. The third kappa shape index (κ3) is 4.61. The second-order valence-electron chi connectivity index (χ2n) is 8.86. The largest absolute Gasteiger partial charge is 0.381 e. The van der Waals surface area contributed by atoms with Gasteiger partial charge in [-0.15, -0.1) is 0 Å². The highest BCUT2D eigenvalue weighted by molar-refractivity contribution is 5.93. The molecule has 4 aromatic rings. The Bertz CT molecular complexity index is 1390. The van der Waals surface area contributed by atoms with E-state index in [0.29, 0.717) is 23.1 Å². The number of nitrogens with one attached hydrogen (secondary N) is 2. The molecule has 0 atom stereocenters. The predicted molar refractivity (Wildman–Crippen MR) is 127 cm³/mol. The summed E-state index contributed by atoms with van der Waals surface area (Å²) in [6.07, 6.45) is 10.3. The van der Waals surface area contributed by atoms with Crippen LogP contribution in [0, 0.1) is 11.6 Å². The lowest BCUT2D eigenvalue weighted by atomic mass is 10.1. The quantitative estimate of drug-likeness (QED) is 0.403. The molecule has 5 heterocycles. The number of hydrogen-bond acceptors (Lipinski definition) is 8. The van der Waals surface area contributed by atoms with Crippen LogP contribution >= 0.6 is 0 Å². The van der Waals surface area contributed by atoms with Crippen molar-refractivity contribution in [1.82, 2.24) is 24.9 Å². The molecule has 0 radical (unpaired) electrons. The Balaban J connectivity index is 1.39. The summed E-state index contributed by atoms with van der Waals surface area (Å²) in [5.74, 6) is 0.455. The Morgan fingerprint density at radius 1 is 0.914 bits per heavy atom. The van der Waals surface area contributed by atoms with E-state index in [0.717, 1.165) is 67.9 Å². The van der Waals surface area contributed by atoms with Crippen molar-refractivity contribution < 1.29 is 13.5 Å². The number of anilines is 3. The van der Waals surface area contributed by atoms with Crippen LogP contribution in [-0.2, 0) is 4.74 Å². The Morgan fingerprint density at radius 2 is 1.77 bits per heavy atom. The minimum Gasteiger partial charge on any atom is -0.381 e. The molecular formula is C25H23F2N7O. The van der Waals surface area contributed by atoms with Crippen molar-refractivity contribution in [2.24, 2.45) is 0 Å². The van der Waals surface area contributed by atoms with E-state index in [4.69, 9.17) is 14.7 Å². The summed E-state index contributed by atoms with van der Waals surface area (Å²) < 4.78 is 32.8. The minimum absolute atomic E-state index is 0.115. The predicted octanol–water partition coefficient (Wildman–Crippen LogP) is 4.97. The minimum atomic E-state index is -0.805. The van der Waals surface area contributed by atoms with Gasteiger partial charge in [-0.3, -0.25) is 4.98 Å². The summed E-state index contributed by atoms with van der Waals surface area (Å²) in [5.41, 5.74) is 2.64. The van der Waals surface area contributed by atoms with Gasteiger partial charge in [-0.2, -0.15) is 0 Å². The maximum Gasteiger partial charge on any atom is 0.168 e. The lowest BCUT2D eigenvalue weighted by Gasteiger charge is -2.25. The van der Waals surface area contributed by atoms with E-state index < -0.39 is 11.6 Å². The zero-order valence-electron chi connectivity index (χ0n) is 18.8. The Kier molecular flexibility index (Phi) is 5.65. The summed E-state index contributed by atoms with van der Waals surface area (Å²) >= 11 is 0. The van der Waals surface area contributed by atoms with Crippen molar-refractivity contribution in [3.05, 3.63) is 60.2 Å². The molecule has 2 aliphatic rings. The standard InChI is InChI=1S/C25H23F2N7O/c26-16-10-19(27)24(30-11-16)33-21-9-15(3-6-29-21)23-32-20-13-28-12-18(14-1-2-14)22(20)25(34-23)31-17-4-7-35-8-5-17/h3,6,9-14,17H,1-2,4-5,7-8H2,(H,29,30,33)(H,31,32,34). The molecule has 0 bridgehead atoms. The SMILES string of the molecule is Fc1cnc(Nc2cc(-c3nc(NC4CCOCC4)c4c(C5CC5)cncc4n3)ccn2)c(F)c1. The van der Waals surface area contributed by atoms with Gasteiger partial charge < -0.3 is 15.4 Å². The normalized spacial score (nSPS) is 16.4. The first-order chi connectivity index (χ1) is 17.1. The van der Waals surface area contributed by atoms with Gasteiger partial charge in [-0.05, 0) is 49.3 Å². The van der Waals surface area contributed by atoms with Crippen molar-refractivity contribution in [3.8, 4) is 11.4 Å². The lowest BCUT2D eigenvalue weighted by Crippen LogP contribution is -2.28. The van der Waals surface area contributed by atoms with Crippen LogP contribution in [0.3, 0.4) is 0 Å². The van der Waals surface area contributed by atoms with E-state index in [1.54, 1.807) is 24.5 Å². The molecule has 1 aliphatic heterocycles. The van der Waals surface area contributed by atoms with Crippen LogP contribution in [0.4, 0.5) is 26.2 Å². The van der Waals surface area contributed by atoms with Gasteiger partial charge in [0.05, 0.1) is 17.9 Å². The van der Waals surface area contributed by atoms with Crippen LogP contribution in [-0.4, -0.2) is 44.2 Å². The maximum atomic E-state index is 14.1. The topological polar surface area (TPSA) is 97.7 Å². The van der Waals surface area contributed by atoms with Gasteiger partial charge in [0.25, 0.3) is 0 Å². The number of ether oxygens (including phenoxy) is 1. The molecule has 1 saturated carbocycles. The molecule has 35 heavy (non-hydrogen) atoms. The second kappa shape index (κ2) is 9.10. The van der Waals surface area contributed by atoms with Crippen molar-refractivity contribution in [2.45, 2.75) is 37.6 Å². The van der Waals surface area contributed by atoms with E-state index >= 15 is 0 Å². The molecular weight excluding hydrogens is 452 g/mol. The van der Waals surface area contributed by atoms with Gasteiger partial charge in [-0.25, -0.2) is 28.7 Å². The van der Waals surface area contributed by atoms with Gasteiger partial charge >= 0.3 is 0 Å². The highest BCUT2D eigenvalue weighted by Crippen LogP contribution is 2.44. The molecule has 10 heteroatoms.